The van der Waals surface area contributed by atoms with E-state index in [2.05, 4.69) is 24.9 Å². The number of ether oxygens (including phenoxy) is 3. The highest BCUT2D eigenvalue weighted by molar-refractivity contribution is 5.53. The molecule has 2 atom stereocenters. The van der Waals surface area contributed by atoms with Gasteiger partial charge in [0.25, 0.3) is 0 Å². The van der Waals surface area contributed by atoms with Crippen molar-refractivity contribution in [1.82, 2.24) is 0 Å². The third-order valence-corrected chi connectivity index (χ3v) is 3.68. The molecular weight excluding hydrogens is 266 g/mol. The summed E-state index contributed by atoms with van der Waals surface area (Å²) < 4.78 is 17.8. The number of anilines is 1. The van der Waals surface area contributed by atoms with E-state index in [4.69, 9.17) is 14.2 Å². The Kier molecular flexibility index (Phi) is 4.91. The van der Waals surface area contributed by atoms with Crippen LogP contribution in [0, 0.1) is 0 Å². The smallest absolute Gasteiger partial charge is 0.132 e. The monoisotopic (exact) mass is 291 g/mol. The van der Waals surface area contributed by atoms with Crippen LogP contribution in [0.3, 0.4) is 0 Å². The molecule has 1 aromatic rings. The minimum Gasteiger partial charge on any atom is -0.485 e. The number of benzene rings is 1. The zero-order valence-electron chi connectivity index (χ0n) is 13.3. The van der Waals surface area contributed by atoms with Gasteiger partial charge >= 0.3 is 0 Å². The van der Waals surface area contributed by atoms with Crippen LogP contribution in [-0.2, 0) is 9.47 Å². The lowest BCUT2D eigenvalue weighted by atomic mass is 9.88. The van der Waals surface area contributed by atoms with Crippen LogP contribution in [0.4, 0.5) is 5.69 Å². The highest BCUT2D eigenvalue weighted by Gasteiger charge is 2.45. The molecule has 0 spiro atoms. The molecule has 2 rings (SSSR count). The van der Waals surface area contributed by atoms with Crippen LogP contribution in [0.15, 0.2) is 30.9 Å². The lowest BCUT2D eigenvalue weighted by Crippen LogP contribution is -2.50. The van der Waals surface area contributed by atoms with Gasteiger partial charge in [0.1, 0.15) is 23.6 Å². The van der Waals surface area contributed by atoms with Gasteiger partial charge in [-0.1, -0.05) is 6.08 Å². The van der Waals surface area contributed by atoms with Gasteiger partial charge in [0.05, 0.1) is 6.61 Å². The lowest BCUT2D eigenvalue weighted by molar-refractivity contribution is -0.148. The van der Waals surface area contributed by atoms with E-state index in [-0.39, 0.29) is 12.2 Å². The number of hydrogen-bond donors (Lipinski definition) is 1. The van der Waals surface area contributed by atoms with Crippen molar-refractivity contribution in [3.63, 3.8) is 0 Å². The Morgan fingerprint density at radius 3 is 2.81 bits per heavy atom. The quantitative estimate of drug-likeness (QED) is 0.814. The van der Waals surface area contributed by atoms with Gasteiger partial charge in [-0.3, -0.25) is 0 Å². The highest BCUT2D eigenvalue weighted by Crippen LogP contribution is 2.43. The molecular formula is C17H25NO3. The molecule has 0 bridgehead atoms. The molecule has 21 heavy (non-hydrogen) atoms. The molecule has 1 aromatic carbocycles. The number of nitrogens with one attached hydrogen (secondary N) is 1. The molecule has 116 valence electrons. The van der Waals surface area contributed by atoms with Crippen LogP contribution in [-0.4, -0.2) is 32.0 Å². The summed E-state index contributed by atoms with van der Waals surface area (Å²) in [5.74, 6) is 0.854. The summed E-state index contributed by atoms with van der Waals surface area (Å²) in [4.78, 5) is 0. The maximum absolute atomic E-state index is 6.13. The topological polar surface area (TPSA) is 39.7 Å². The van der Waals surface area contributed by atoms with E-state index >= 15 is 0 Å². The van der Waals surface area contributed by atoms with Crippen molar-refractivity contribution in [3.8, 4) is 5.75 Å². The van der Waals surface area contributed by atoms with Gasteiger partial charge in [-0.15, -0.1) is 6.58 Å². The largest absolute Gasteiger partial charge is 0.485 e. The molecule has 1 aliphatic rings. The Hall–Kier alpha value is -1.52. The Labute approximate surface area is 127 Å². The molecule has 0 amide bonds. The normalized spacial score (nSPS) is 23.0. The molecule has 0 aromatic heterocycles. The van der Waals surface area contributed by atoms with Crippen LogP contribution in [0.25, 0.3) is 0 Å². The van der Waals surface area contributed by atoms with Gasteiger partial charge in [-0.25, -0.2) is 0 Å². The minimum absolute atomic E-state index is 0.165. The minimum atomic E-state index is -0.462. The standard InChI is InChI=1S/C17H25NO3/c1-6-10-20-16-15(19-5)13-11-12(18-7-2)8-9-14(13)21-17(16,3)4/h6,8-9,11,15-16,18H,1,7,10H2,2-5H3. The average Bonchev–Trinajstić information content (AvgIpc) is 2.44. The molecule has 0 fully saturated rings. The van der Waals surface area contributed by atoms with Crippen LogP contribution >= 0.6 is 0 Å². The van der Waals surface area contributed by atoms with Gasteiger partial charge in [0, 0.05) is 24.9 Å². The van der Waals surface area contributed by atoms with Crippen molar-refractivity contribution in [1.29, 1.82) is 0 Å². The van der Waals surface area contributed by atoms with Gasteiger partial charge in [-0.2, -0.15) is 0 Å². The zero-order chi connectivity index (χ0) is 15.5. The van der Waals surface area contributed by atoms with Crippen molar-refractivity contribution < 1.29 is 14.2 Å². The third kappa shape index (κ3) is 3.22. The van der Waals surface area contributed by atoms with Crippen molar-refractivity contribution in [2.45, 2.75) is 38.6 Å². The summed E-state index contributed by atoms with van der Waals surface area (Å²) in [7, 11) is 1.71. The van der Waals surface area contributed by atoms with Gasteiger partial charge in [0.15, 0.2) is 0 Å². The van der Waals surface area contributed by atoms with Crippen LogP contribution in [0.1, 0.15) is 32.4 Å². The second-order valence-electron chi connectivity index (χ2n) is 5.69. The first-order chi connectivity index (χ1) is 10.0. The van der Waals surface area contributed by atoms with Crippen molar-refractivity contribution in [3.05, 3.63) is 36.4 Å². The van der Waals surface area contributed by atoms with E-state index < -0.39 is 5.60 Å². The van der Waals surface area contributed by atoms with Crippen molar-refractivity contribution in [2.75, 3.05) is 25.6 Å². The SMILES string of the molecule is C=CCOC1C(OC)c2cc(NCC)ccc2OC1(C)C. The molecule has 1 aliphatic heterocycles. The third-order valence-electron chi connectivity index (χ3n) is 3.68. The number of fused-ring (bicyclic) bond motifs is 1. The Balaban J connectivity index is 2.39. The molecule has 1 heterocycles. The van der Waals surface area contributed by atoms with Gasteiger partial charge < -0.3 is 19.5 Å². The van der Waals surface area contributed by atoms with E-state index in [9.17, 15) is 0 Å². The molecule has 0 saturated heterocycles. The van der Waals surface area contributed by atoms with E-state index in [1.54, 1.807) is 13.2 Å². The summed E-state index contributed by atoms with van der Waals surface area (Å²) >= 11 is 0. The first kappa shape index (κ1) is 15.9. The maximum atomic E-state index is 6.13. The van der Waals surface area contributed by atoms with Crippen molar-refractivity contribution in [2.24, 2.45) is 0 Å². The molecule has 1 N–H and O–H groups in total. The average molecular weight is 291 g/mol. The van der Waals surface area contributed by atoms with Gasteiger partial charge in [-0.05, 0) is 39.0 Å². The maximum Gasteiger partial charge on any atom is 0.132 e. The second-order valence-corrected chi connectivity index (χ2v) is 5.69. The Bertz CT molecular complexity index is 499. The lowest BCUT2D eigenvalue weighted by Gasteiger charge is -2.43. The van der Waals surface area contributed by atoms with Gasteiger partial charge in [0.2, 0.25) is 0 Å². The predicted octanol–water partition coefficient (Wildman–Crippen LogP) is 3.55. The predicted molar refractivity (Wildman–Crippen MR) is 85.0 cm³/mol. The fourth-order valence-electron chi connectivity index (χ4n) is 2.76. The molecule has 0 aliphatic carbocycles. The first-order valence-corrected chi connectivity index (χ1v) is 7.35. The number of hydrogen-bond acceptors (Lipinski definition) is 4. The molecule has 2 unspecified atom stereocenters. The summed E-state index contributed by atoms with van der Waals surface area (Å²) in [6.45, 7) is 11.2. The number of rotatable bonds is 6. The molecule has 0 saturated carbocycles. The van der Waals surface area contributed by atoms with E-state index in [1.807, 2.05) is 26.0 Å². The fraction of sp³-hybridized carbons (Fsp3) is 0.529. The summed E-state index contributed by atoms with van der Waals surface area (Å²) in [6, 6.07) is 6.09. The number of methoxy groups -OCH3 is 1. The van der Waals surface area contributed by atoms with E-state index in [1.165, 1.54) is 0 Å². The van der Waals surface area contributed by atoms with Crippen molar-refractivity contribution >= 4 is 5.69 Å². The Morgan fingerprint density at radius 1 is 1.43 bits per heavy atom. The summed E-state index contributed by atoms with van der Waals surface area (Å²) in [5.41, 5.74) is 1.62. The van der Waals surface area contributed by atoms with Crippen LogP contribution < -0.4 is 10.1 Å². The zero-order valence-corrected chi connectivity index (χ0v) is 13.3. The summed E-state index contributed by atoms with van der Waals surface area (Å²) in [6.07, 6.45) is 1.39. The fourth-order valence-corrected chi connectivity index (χ4v) is 2.76. The Morgan fingerprint density at radius 2 is 2.19 bits per heavy atom. The highest BCUT2D eigenvalue weighted by atomic mass is 16.6. The summed E-state index contributed by atoms with van der Waals surface area (Å²) in [5, 5.41) is 3.31. The van der Waals surface area contributed by atoms with Crippen LogP contribution in [0.5, 0.6) is 5.75 Å². The second kappa shape index (κ2) is 6.50. The molecule has 4 heteroatoms. The van der Waals surface area contributed by atoms with E-state index in [0.717, 1.165) is 23.5 Å². The van der Waals surface area contributed by atoms with E-state index in [0.29, 0.717) is 6.61 Å². The molecule has 4 nitrogen and oxygen atoms in total. The first-order valence-electron chi connectivity index (χ1n) is 7.35. The molecule has 0 radical (unpaired) electrons. The van der Waals surface area contributed by atoms with Crippen LogP contribution in [0.2, 0.25) is 0 Å².